The summed E-state index contributed by atoms with van der Waals surface area (Å²) in [7, 11) is 0. The summed E-state index contributed by atoms with van der Waals surface area (Å²) < 4.78 is 34.2. The van der Waals surface area contributed by atoms with Crippen LogP contribution in [0.15, 0.2) is 67.0 Å². The van der Waals surface area contributed by atoms with Gasteiger partial charge in [0.15, 0.2) is 6.29 Å². The Balaban J connectivity index is 0.000000616. The predicted octanol–water partition coefficient (Wildman–Crippen LogP) is 4.26. The van der Waals surface area contributed by atoms with Gasteiger partial charge in [-0.2, -0.15) is 0 Å². The second-order valence-electron chi connectivity index (χ2n) is 7.23. The van der Waals surface area contributed by atoms with Crippen molar-refractivity contribution in [1.29, 1.82) is 0 Å². The molecule has 0 radical (unpaired) electrons. The van der Waals surface area contributed by atoms with Crippen molar-refractivity contribution >= 4 is 30.4 Å². The molecule has 0 atom stereocenters. The molecule has 0 aliphatic heterocycles. The van der Waals surface area contributed by atoms with Gasteiger partial charge in [0.1, 0.15) is 29.4 Å². The molecule has 9 nitrogen and oxygen atoms in total. The van der Waals surface area contributed by atoms with Gasteiger partial charge in [-0.3, -0.25) is 14.6 Å². The molecule has 192 valence electrons. The molecule has 11 heteroatoms. The van der Waals surface area contributed by atoms with Crippen LogP contribution in [0.1, 0.15) is 15.9 Å². The Hall–Kier alpha value is -4.90. The van der Waals surface area contributed by atoms with Crippen molar-refractivity contribution in [3.63, 3.8) is 0 Å². The maximum Gasteiger partial charge on any atom is 0.204 e. The summed E-state index contributed by atoms with van der Waals surface area (Å²) in [4.78, 5) is 35.7. The summed E-state index contributed by atoms with van der Waals surface area (Å²) in [6.07, 6.45) is 4.77. The Morgan fingerprint density at radius 1 is 0.973 bits per heavy atom. The van der Waals surface area contributed by atoms with Crippen molar-refractivity contribution < 1.29 is 27.9 Å². The van der Waals surface area contributed by atoms with Crippen molar-refractivity contribution in [2.75, 3.05) is 11.9 Å². The fourth-order valence-corrected chi connectivity index (χ4v) is 2.93. The summed E-state index contributed by atoms with van der Waals surface area (Å²) >= 11 is 0. The van der Waals surface area contributed by atoms with E-state index in [1.54, 1.807) is 48.8 Å². The first-order valence-corrected chi connectivity index (χ1v) is 10.7. The molecular weight excluding hydrogens is 484 g/mol. The standard InChI is InChI=1S/C23H17F2N3O2.C2H5NO.CH3NO/c1-14-2-4-18(24)21(8-14)28-20-5-3-16(10-19(20)25)30-17-6-7-26-23(11-17)22-9-15(13-29)12-27-22;3-1-2-4;2-1-3/h2-13,27-28H,1H3;2H,1,3H2;1H,(H2,2,3). The number of nitrogens with two attached hydrogens (primary N) is 2. The first-order valence-electron chi connectivity index (χ1n) is 10.7. The number of hydrogen-bond donors (Lipinski definition) is 4. The highest BCUT2D eigenvalue weighted by Gasteiger charge is 2.10. The van der Waals surface area contributed by atoms with Crippen molar-refractivity contribution in [2.45, 2.75) is 6.92 Å². The Bertz CT molecular complexity index is 1340. The van der Waals surface area contributed by atoms with Crippen LogP contribution < -0.4 is 21.5 Å². The normalized spacial score (nSPS) is 9.62. The molecule has 0 aliphatic rings. The molecular formula is C26H25F2N5O4. The maximum absolute atomic E-state index is 14.5. The number of nitrogens with zero attached hydrogens (tertiary/aromatic N) is 1. The number of carbonyl (C=O) groups is 3. The van der Waals surface area contributed by atoms with E-state index >= 15 is 0 Å². The van der Waals surface area contributed by atoms with Crippen LogP contribution in [0.5, 0.6) is 11.5 Å². The lowest BCUT2D eigenvalue weighted by Crippen LogP contribution is -1.97. The van der Waals surface area contributed by atoms with Gasteiger partial charge in [-0.15, -0.1) is 0 Å². The third kappa shape index (κ3) is 8.67. The summed E-state index contributed by atoms with van der Waals surface area (Å²) in [5.74, 6) is -0.318. The lowest BCUT2D eigenvalue weighted by atomic mass is 10.2. The average molecular weight is 510 g/mol. The van der Waals surface area contributed by atoms with Crippen LogP contribution >= 0.6 is 0 Å². The molecule has 0 saturated carbocycles. The van der Waals surface area contributed by atoms with Crippen molar-refractivity contribution in [1.82, 2.24) is 9.97 Å². The van der Waals surface area contributed by atoms with Gasteiger partial charge in [-0.25, -0.2) is 8.78 Å². The molecule has 0 saturated heterocycles. The van der Waals surface area contributed by atoms with Crippen LogP contribution in [0.4, 0.5) is 20.2 Å². The van der Waals surface area contributed by atoms with E-state index in [0.29, 0.717) is 29.0 Å². The number of nitrogens with one attached hydrogen (secondary N) is 2. The summed E-state index contributed by atoms with van der Waals surface area (Å²) in [5, 5.41) is 2.76. The lowest BCUT2D eigenvalue weighted by molar-refractivity contribution is -0.107. The molecule has 37 heavy (non-hydrogen) atoms. The zero-order valence-corrected chi connectivity index (χ0v) is 19.8. The zero-order valence-electron chi connectivity index (χ0n) is 19.8. The molecule has 0 aliphatic carbocycles. The topological polar surface area (TPSA) is 153 Å². The number of benzene rings is 2. The van der Waals surface area contributed by atoms with Gasteiger partial charge in [0.25, 0.3) is 0 Å². The fourth-order valence-electron chi connectivity index (χ4n) is 2.93. The van der Waals surface area contributed by atoms with Crippen LogP contribution in [-0.2, 0) is 9.59 Å². The number of ether oxygens (including phenoxy) is 1. The van der Waals surface area contributed by atoms with Gasteiger partial charge >= 0.3 is 0 Å². The monoisotopic (exact) mass is 509 g/mol. The SMILES string of the molecule is Cc1ccc(F)c(Nc2ccc(Oc3ccnc(-c4cc(C=O)c[nH]4)c3)cc2F)c1.NC=O.NCC=O. The highest BCUT2D eigenvalue weighted by Crippen LogP contribution is 2.30. The number of carbonyl (C=O) groups excluding carboxylic acids is 3. The van der Waals surface area contributed by atoms with Crippen LogP contribution in [0.25, 0.3) is 11.4 Å². The van der Waals surface area contributed by atoms with Crippen LogP contribution in [0, 0.1) is 18.6 Å². The summed E-state index contributed by atoms with van der Waals surface area (Å²) in [6, 6.07) is 13.8. The molecule has 0 spiro atoms. The highest BCUT2D eigenvalue weighted by atomic mass is 19.1. The minimum atomic E-state index is -0.581. The zero-order chi connectivity index (χ0) is 27.2. The number of rotatable bonds is 7. The third-order valence-corrected chi connectivity index (χ3v) is 4.51. The van der Waals surface area contributed by atoms with E-state index in [1.165, 1.54) is 18.2 Å². The first kappa shape index (κ1) is 28.3. The number of halogens is 2. The number of amides is 1. The number of aromatic amines is 1. The Morgan fingerprint density at radius 3 is 2.30 bits per heavy atom. The Labute approximate surface area is 211 Å². The average Bonchev–Trinajstić information content (AvgIpc) is 3.38. The Kier molecular flexibility index (Phi) is 11.1. The number of hydrogen-bond acceptors (Lipinski definition) is 7. The van der Waals surface area contributed by atoms with Gasteiger partial charge in [-0.1, -0.05) is 6.07 Å². The van der Waals surface area contributed by atoms with E-state index in [2.05, 4.69) is 26.8 Å². The van der Waals surface area contributed by atoms with Crippen molar-refractivity contribution in [2.24, 2.45) is 11.5 Å². The van der Waals surface area contributed by atoms with Gasteiger partial charge in [0, 0.05) is 36.6 Å². The van der Waals surface area contributed by atoms with Gasteiger partial charge < -0.3 is 31.3 Å². The van der Waals surface area contributed by atoms with E-state index in [1.807, 2.05) is 6.92 Å². The number of anilines is 2. The van der Waals surface area contributed by atoms with E-state index in [0.717, 1.165) is 11.8 Å². The second-order valence-corrected chi connectivity index (χ2v) is 7.23. The van der Waals surface area contributed by atoms with E-state index in [9.17, 15) is 13.6 Å². The number of aromatic nitrogens is 2. The molecule has 0 unspecified atom stereocenters. The molecule has 4 aromatic rings. The molecule has 4 rings (SSSR count). The smallest absolute Gasteiger partial charge is 0.204 e. The predicted molar refractivity (Wildman–Crippen MR) is 136 cm³/mol. The molecule has 2 heterocycles. The van der Waals surface area contributed by atoms with Crippen LogP contribution in [-0.4, -0.2) is 35.5 Å². The maximum atomic E-state index is 14.5. The largest absolute Gasteiger partial charge is 0.457 e. The van der Waals surface area contributed by atoms with Gasteiger partial charge in [0.2, 0.25) is 6.41 Å². The van der Waals surface area contributed by atoms with E-state index in [-0.39, 0.29) is 30.1 Å². The number of aldehydes is 2. The van der Waals surface area contributed by atoms with Crippen molar-refractivity contribution in [3.8, 4) is 22.9 Å². The molecule has 2 aromatic heterocycles. The van der Waals surface area contributed by atoms with E-state index < -0.39 is 11.6 Å². The van der Waals surface area contributed by atoms with E-state index in [4.69, 9.17) is 14.3 Å². The molecule has 0 fully saturated rings. The summed E-state index contributed by atoms with van der Waals surface area (Å²) in [6.45, 7) is 1.97. The lowest BCUT2D eigenvalue weighted by Gasteiger charge is -2.12. The number of primary amides is 1. The third-order valence-electron chi connectivity index (χ3n) is 4.51. The van der Waals surface area contributed by atoms with Crippen LogP contribution in [0.2, 0.25) is 0 Å². The Morgan fingerprint density at radius 2 is 1.68 bits per heavy atom. The highest BCUT2D eigenvalue weighted by molar-refractivity contribution is 5.77. The number of pyridine rings is 1. The molecule has 1 amide bonds. The molecule has 6 N–H and O–H groups in total. The molecule has 2 aromatic carbocycles. The minimum Gasteiger partial charge on any atom is -0.457 e. The second kappa shape index (κ2) is 14.5. The fraction of sp³-hybridized carbons (Fsp3) is 0.0769. The van der Waals surface area contributed by atoms with Crippen LogP contribution in [0.3, 0.4) is 0 Å². The number of H-pyrrole nitrogens is 1. The number of aryl methyl sites for hydroxylation is 1. The first-order chi connectivity index (χ1) is 17.8. The van der Waals surface area contributed by atoms with Crippen molar-refractivity contribution in [3.05, 3.63) is 89.8 Å². The minimum absolute atomic E-state index is 0.134. The van der Waals surface area contributed by atoms with Gasteiger partial charge in [0.05, 0.1) is 22.8 Å². The molecule has 0 bridgehead atoms. The quantitative estimate of drug-likeness (QED) is 0.272. The van der Waals surface area contributed by atoms with Gasteiger partial charge in [-0.05, 0) is 48.9 Å². The summed E-state index contributed by atoms with van der Waals surface area (Å²) in [5.41, 5.74) is 11.8.